The summed E-state index contributed by atoms with van der Waals surface area (Å²) in [6.07, 6.45) is 7.20. The average molecular weight is 683 g/mol. The van der Waals surface area contributed by atoms with E-state index in [0.717, 1.165) is 57.4 Å². The molecule has 2 atom stereocenters. The van der Waals surface area contributed by atoms with Crippen LogP contribution in [0.5, 0.6) is 11.5 Å². The Morgan fingerprint density at radius 1 is 0.604 bits per heavy atom. The van der Waals surface area contributed by atoms with Gasteiger partial charge in [0.2, 0.25) is 0 Å². The molecule has 252 valence electrons. The molecule has 53 heavy (non-hydrogen) atoms. The van der Waals surface area contributed by atoms with Gasteiger partial charge in [0.1, 0.15) is 11.5 Å². The van der Waals surface area contributed by atoms with Crippen LogP contribution in [0.1, 0.15) is 28.2 Å². The van der Waals surface area contributed by atoms with Gasteiger partial charge in [0.25, 0.3) is 0 Å². The number of para-hydroxylation sites is 2. The number of anilines is 3. The van der Waals surface area contributed by atoms with Crippen LogP contribution in [-0.4, -0.2) is 13.0 Å². The number of benzene rings is 7. The Balaban J connectivity index is 1.08. The van der Waals surface area contributed by atoms with Crippen molar-refractivity contribution >= 4 is 44.2 Å². The number of fused-ring (bicyclic) bond motifs is 9. The van der Waals surface area contributed by atoms with Crippen LogP contribution < -0.4 is 19.3 Å². The lowest BCUT2D eigenvalue weighted by molar-refractivity contribution is 0.234. The Kier molecular flexibility index (Phi) is 6.73. The Morgan fingerprint density at radius 3 is 2.15 bits per heavy atom. The summed E-state index contributed by atoms with van der Waals surface area (Å²) in [5.41, 5.74) is 15.3. The second-order valence-corrected chi connectivity index (χ2v) is 14.1. The zero-order valence-corrected chi connectivity index (χ0v) is 28.9. The molecule has 0 bridgehead atoms. The van der Waals surface area contributed by atoms with Gasteiger partial charge in [0, 0.05) is 34.0 Å². The average Bonchev–Trinajstić information content (AvgIpc) is 3.62. The molecule has 4 aliphatic rings. The molecule has 7 aromatic carbocycles. The van der Waals surface area contributed by atoms with Crippen molar-refractivity contribution in [3.05, 3.63) is 209 Å². The maximum Gasteiger partial charge on any atom is 0.188 e. The molecule has 1 saturated heterocycles. The first-order chi connectivity index (χ1) is 26.3. The second-order valence-electron chi connectivity index (χ2n) is 14.1. The van der Waals surface area contributed by atoms with Gasteiger partial charge in [-0.1, -0.05) is 121 Å². The molecule has 0 aromatic heterocycles. The molecule has 3 aliphatic heterocycles. The van der Waals surface area contributed by atoms with E-state index in [-0.39, 0.29) is 12.1 Å². The van der Waals surface area contributed by atoms with Crippen LogP contribution >= 0.6 is 0 Å². The van der Waals surface area contributed by atoms with Crippen LogP contribution in [0.3, 0.4) is 0 Å². The molecule has 4 heteroatoms. The number of hydrogen-bond acceptors (Lipinski definition) is 4. The van der Waals surface area contributed by atoms with E-state index in [0.29, 0.717) is 6.73 Å². The molecule has 3 heterocycles. The van der Waals surface area contributed by atoms with Crippen LogP contribution in [0, 0.1) is 0 Å². The van der Waals surface area contributed by atoms with Gasteiger partial charge in [-0.25, -0.2) is 0 Å². The SMILES string of the molecule is C1=CC=C(c2ccc3c(c2)N(c2cccc4ccccc24)COc2ccccc2C3)C=C2C=1C1c3ccccc3OC1N2c1cccc2ccccc12. The van der Waals surface area contributed by atoms with Gasteiger partial charge in [-0.2, -0.15) is 0 Å². The first-order valence-electron chi connectivity index (χ1n) is 18.3. The third-order valence-electron chi connectivity index (χ3n) is 11.2. The van der Waals surface area contributed by atoms with E-state index in [1.165, 1.54) is 38.2 Å². The molecule has 1 fully saturated rings. The molecule has 1 aliphatic carbocycles. The minimum atomic E-state index is -0.213. The van der Waals surface area contributed by atoms with Gasteiger partial charge in [-0.05, 0) is 81.6 Å². The quantitative estimate of drug-likeness (QED) is 0.173. The molecule has 0 spiro atoms. The molecule has 2 unspecified atom stereocenters. The Bertz CT molecular complexity index is 2760. The predicted molar refractivity (Wildman–Crippen MR) is 215 cm³/mol. The largest absolute Gasteiger partial charge is 0.472 e. The lowest BCUT2D eigenvalue weighted by Gasteiger charge is -2.31. The lowest BCUT2D eigenvalue weighted by atomic mass is 9.92. The highest BCUT2D eigenvalue weighted by molar-refractivity contribution is 5.98. The third kappa shape index (κ3) is 4.77. The van der Waals surface area contributed by atoms with E-state index >= 15 is 0 Å². The fourth-order valence-electron chi connectivity index (χ4n) is 8.70. The number of nitrogens with zero attached hydrogens (tertiary/aromatic N) is 2. The molecular weight excluding hydrogens is 649 g/mol. The number of hydrogen-bond donors (Lipinski definition) is 0. The standard InChI is InChI=1S/C49H34N2O2/c1-4-18-38-32(12-1)15-10-22-42(38)50-31-52-46-24-7-3-14-37(46)28-36-27-26-35(29-44(36)50)34-17-9-21-40-45(30-34)51(43-23-11-16-33-13-2-5-19-39(33)43)49-48(40)41-20-6-8-25-47(41)53-49/h1-20,22-27,29-30,48-49H,28,31H2. The highest BCUT2D eigenvalue weighted by atomic mass is 16.5. The van der Waals surface area contributed by atoms with Crippen molar-refractivity contribution < 1.29 is 9.47 Å². The van der Waals surface area contributed by atoms with Crippen LogP contribution in [-0.2, 0) is 6.42 Å². The highest BCUT2D eigenvalue weighted by Gasteiger charge is 2.50. The summed E-state index contributed by atoms with van der Waals surface area (Å²) < 4.78 is 13.4. The smallest absolute Gasteiger partial charge is 0.188 e. The third-order valence-corrected chi connectivity index (χ3v) is 11.2. The first kappa shape index (κ1) is 29.9. The zero-order chi connectivity index (χ0) is 34.9. The van der Waals surface area contributed by atoms with E-state index in [1.54, 1.807) is 0 Å². The van der Waals surface area contributed by atoms with Crippen LogP contribution in [0.4, 0.5) is 17.1 Å². The van der Waals surface area contributed by atoms with Crippen molar-refractivity contribution in [2.45, 2.75) is 18.6 Å². The second kappa shape index (κ2) is 11.9. The normalized spacial score (nSPS) is 18.2. The Hall–Kier alpha value is -6.74. The molecular formula is C49H34N2O2. The molecule has 11 rings (SSSR count). The number of ether oxygens (including phenoxy) is 2. The van der Waals surface area contributed by atoms with Gasteiger partial charge in [-0.15, -0.1) is 5.73 Å². The summed E-state index contributed by atoms with van der Waals surface area (Å²) >= 11 is 0. The minimum absolute atomic E-state index is 0.0373. The van der Waals surface area contributed by atoms with Crippen LogP contribution in [0.25, 0.3) is 27.1 Å². The van der Waals surface area contributed by atoms with Crippen molar-refractivity contribution in [1.82, 2.24) is 0 Å². The summed E-state index contributed by atoms with van der Waals surface area (Å²) in [5, 5.41) is 4.80. The Labute approximate surface area is 308 Å². The van der Waals surface area contributed by atoms with Gasteiger partial charge < -0.3 is 19.3 Å². The van der Waals surface area contributed by atoms with Gasteiger partial charge in [-0.3, -0.25) is 0 Å². The van der Waals surface area contributed by atoms with Gasteiger partial charge in [0.15, 0.2) is 13.0 Å². The van der Waals surface area contributed by atoms with Crippen molar-refractivity contribution in [1.29, 1.82) is 0 Å². The van der Waals surface area contributed by atoms with Crippen molar-refractivity contribution in [2.75, 3.05) is 16.5 Å². The minimum Gasteiger partial charge on any atom is -0.472 e. The lowest BCUT2D eigenvalue weighted by Crippen LogP contribution is -2.33. The molecule has 0 N–H and O–H groups in total. The van der Waals surface area contributed by atoms with E-state index in [1.807, 2.05) is 0 Å². The zero-order valence-electron chi connectivity index (χ0n) is 28.9. The van der Waals surface area contributed by atoms with Gasteiger partial charge >= 0.3 is 0 Å². The van der Waals surface area contributed by atoms with Crippen molar-refractivity contribution in [2.24, 2.45) is 0 Å². The maximum atomic E-state index is 6.82. The first-order valence-corrected chi connectivity index (χ1v) is 18.3. The summed E-state index contributed by atoms with van der Waals surface area (Å²) in [5.74, 6) is 1.91. The van der Waals surface area contributed by atoms with Gasteiger partial charge in [0.05, 0.1) is 23.0 Å². The number of rotatable bonds is 3. The van der Waals surface area contributed by atoms with Crippen molar-refractivity contribution in [3.63, 3.8) is 0 Å². The van der Waals surface area contributed by atoms with Crippen molar-refractivity contribution in [3.8, 4) is 11.5 Å². The molecule has 0 amide bonds. The van der Waals surface area contributed by atoms with Crippen LogP contribution in [0.15, 0.2) is 187 Å². The molecule has 0 radical (unpaired) electrons. The van der Waals surface area contributed by atoms with E-state index in [4.69, 9.17) is 9.47 Å². The Morgan fingerprint density at radius 2 is 1.30 bits per heavy atom. The highest BCUT2D eigenvalue weighted by Crippen LogP contribution is 2.55. The van der Waals surface area contributed by atoms with E-state index in [9.17, 15) is 0 Å². The molecule has 4 nitrogen and oxygen atoms in total. The fraction of sp³-hybridized carbons (Fsp3) is 0.0816. The molecule has 0 saturated carbocycles. The summed E-state index contributed by atoms with van der Waals surface area (Å²) in [6, 6.07) is 54.1. The predicted octanol–water partition coefficient (Wildman–Crippen LogP) is 11.5. The monoisotopic (exact) mass is 682 g/mol. The maximum absolute atomic E-state index is 6.82. The summed E-state index contributed by atoms with van der Waals surface area (Å²) in [4.78, 5) is 4.75. The van der Waals surface area contributed by atoms with E-state index in [2.05, 4.69) is 185 Å². The topological polar surface area (TPSA) is 24.9 Å². The molecule has 7 aromatic rings. The number of allylic oxidation sites excluding steroid dienone is 4. The van der Waals surface area contributed by atoms with Crippen LogP contribution in [0.2, 0.25) is 0 Å². The fourth-order valence-corrected chi connectivity index (χ4v) is 8.70. The summed E-state index contributed by atoms with van der Waals surface area (Å²) in [7, 11) is 0. The van der Waals surface area contributed by atoms with E-state index < -0.39 is 0 Å². The summed E-state index contributed by atoms with van der Waals surface area (Å²) in [6.45, 7) is 0.391.